The molecule has 1 aliphatic carbocycles. The number of carboxylic acid groups (broad SMARTS) is 1. The SMILES string of the molecule is C=C(C)C1CC(=O)C(C)=C(N)C1C(=O)O. The highest BCUT2D eigenvalue weighted by Gasteiger charge is 2.38. The molecule has 0 saturated carbocycles. The molecule has 2 unspecified atom stereocenters. The van der Waals surface area contributed by atoms with E-state index >= 15 is 0 Å². The van der Waals surface area contributed by atoms with Crippen molar-refractivity contribution in [3.8, 4) is 0 Å². The van der Waals surface area contributed by atoms with Gasteiger partial charge in [0.15, 0.2) is 5.78 Å². The second-order valence-electron chi connectivity index (χ2n) is 3.98. The molecule has 2 atom stereocenters. The van der Waals surface area contributed by atoms with Crippen molar-refractivity contribution in [3.05, 3.63) is 23.4 Å². The lowest BCUT2D eigenvalue weighted by atomic mass is 9.75. The van der Waals surface area contributed by atoms with E-state index in [-0.39, 0.29) is 23.8 Å². The molecular weight excluding hydrogens is 194 g/mol. The van der Waals surface area contributed by atoms with Gasteiger partial charge >= 0.3 is 5.97 Å². The van der Waals surface area contributed by atoms with Crippen LogP contribution in [0.1, 0.15) is 20.3 Å². The summed E-state index contributed by atoms with van der Waals surface area (Å²) >= 11 is 0. The van der Waals surface area contributed by atoms with Crippen molar-refractivity contribution in [3.63, 3.8) is 0 Å². The molecule has 0 aromatic rings. The molecule has 0 aliphatic heterocycles. The summed E-state index contributed by atoms with van der Waals surface area (Å²) in [6.07, 6.45) is 0.193. The number of aliphatic carboxylic acids is 1. The van der Waals surface area contributed by atoms with Crippen LogP contribution in [0.25, 0.3) is 0 Å². The number of carbonyl (C=O) groups is 2. The average Bonchev–Trinajstić information content (AvgIpc) is 2.12. The van der Waals surface area contributed by atoms with Crippen molar-refractivity contribution in [1.29, 1.82) is 0 Å². The predicted octanol–water partition coefficient (Wildman–Crippen LogP) is 1.08. The number of ketones is 1. The van der Waals surface area contributed by atoms with Crippen molar-refractivity contribution < 1.29 is 14.7 Å². The Bertz CT molecular complexity index is 368. The van der Waals surface area contributed by atoms with Crippen molar-refractivity contribution in [2.75, 3.05) is 0 Å². The van der Waals surface area contributed by atoms with Gasteiger partial charge in [-0.2, -0.15) is 0 Å². The Morgan fingerprint density at radius 2 is 2.13 bits per heavy atom. The zero-order valence-corrected chi connectivity index (χ0v) is 8.91. The van der Waals surface area contributed by atoms with Crippen molar-refractivity contribution in [2.24, 2.45) is 17.6 Å². The van der Waals surface area contributed by atoms with Gasteiger partial charge in [-0.25, -0.2) is 0 Å². The van der Waals surface area contributed by atoms with Crippen LogP contribution < -0.4 is 5.73 Å². The number of carboxylic acids is 1. The lowest BCUT2D eigenvalue weighted by molar-refractivity contribution is -0.142. The maximum Gasteiger partial charge on any atom is 0.313 e. The molecule has 0 heterocycles. The molecule has 0 saturated heterocycles. The lowest BCUT2D eigenvalue weighted by Gasteiger charge is -2.29. The Hall–Kier alpha value is -1.58. The molecule has 0 aromatic heterocycles. The Morgan fingerprint density at radius 3 is 2.53 bits per heavy atom. The van der Waals surface area contributed by atoms with E-state index in [9.17, 15) is 9.59 Å². The highest BCUT2D eigenvalue weighted by Crippen LogP contribution is 2.34. The molecular formula is C11H15NO3. The normalized spacial score (nSPS) is 26.7. The molecule has 0 amide bonds. The molecule has 0 radical (unpaired) electrons. The molecule has 15 heavy (non-hydrogen) atoms. The molecule has 0 fully saturated rings. The summed E-state index contributed by atoms with van der Waals surface area (Å²) in [5.41, 5.74) is 6.91. The maximum atomic E-state index is 11.5. The summed E-state index contributed by atoms with van der Waals surface area (Å²) < 4.78 is 0. The van der Waals surface area contributed by atoms with Crippen LogP contribution in [-0.2, 0) is 9.59 Å². The van der Waals surface area contributed by atoms with Crippen LogP contribution in [0.4, 0.5) is 0 Å². The van der Waals surface area contributed by atoms with Crippen LogP contribution in [0.5, 0.6) is 0 Å². The third-order valence-corrected chi connectivity index (χ3v) is 2.89. The number of hydrogen-bond donors (Lipinski definition) is 2. The van der Waals surface area contributed by atoms with E-state index in [2.05, 4.69) is 6.58 Å². The molecule has 4 heteroatoms. The number of Topliss-reactive ketones (excluding diaryl/α,β-unsaturated/α-hetero) is 1. The molecule has 0 aromatic carbocycles. The number of hydrogen-bond acceptors (Lipinski definition) is 3. The summed E-state index contributed by atoms with van der Waals surface area (Å²) in [6.45, 7) is 7.01. The Kier molecular flexibility index (Phi) is 2.98. The van der Waals surface area contributed by atoms with E-state index in [0.29, 0.717) is 11.1 Å². The summed E-state index contributed by atoms with van der Waals surface area (Å²) in [4.78, 5) is 22.6. The highest BCUT2D eigenvalue weighted by molar-refractivity contribution is 5.98. The molecule has 4 nitrogen and oxygen atoms in total. The Morgan fingerprint density at radius 1 is 1.60 bits per heavy atom. The number of allylic oxidation sites excluding steroid dienone is 2. The maximum absolute atomic E-state index is 11.5. The van der Waals surface area contributed by atoms with Gasteiger partial charge < -0.3 is 10.8 Å². The largest absolute Gasteiger partial charge is 0.481 e. The van der Waals surface area contributed by atoms with Crippen molar-refractivity contribution in [1.82, 2.24) is 0 Å². The number of carbonyl (C=O) groups excluding carboxylic acids is 1. The van der Waals surface area contributed by atoms with E-state index in [4.69, 9.17) is 10.8 Å². The first kappa shape index (κ1) is 11.5. The first-order chi connectivity index (χ1) is 6.86. The second kappa shape index (κ2) is 3.88. The molecule has 0 bridgehead atoms. The van der Waals surface area contributed by atoms with E-state index in [1.165, 1.54) is 0 Å². The Labute approximate surface area is 88.5 Å². The Balaban J connectivity index is 3.21. The van der Waals surface area contributed by atoms with Gasteiger partial charge in [-0.1, -0.05) is 12.2 Å². The van der Waals surface area contributed by atoms with Gasteiger partial charge in [-0.15, -0.1) is 0 Å². The summed E-state index contributed by atoms with van der Waals surface area (Å²) in [6, 6.07) is 0. The van der Waals surface area contributed by atoms with Gasteiger partial charge in [0, 0.05) is 23.6 Å². The monoisotopic (exact) mass is 209 g/mol. The quantitative estimate of drug-likeness (QED) is 0.667. The van der Waals surface area contributed by atoms with E-state index in [0.717, 1.165) is 0 Å². The first-order valence-corrected chi connectivity index (χ1v) is 4.74. The van der Waals surface area contributed by atoms with Crippen LogP contribution in [0.2, 0.25) is 0 Å². The van der Waals surface area contributed by atoms with Gasteiger partial charge in [-0.3, -0.25) is 9.59 Å². The molecule has 1 aliphatic rings. The molecule has 0 spiro atoms. The first-order valence-electron chi connectivity index (χ1n) is 4.74. The second-order valence-corrected chi connectivity index (χ2v) is 3.98. The fraction of sp³-hybridized carbons (Fsp3) is 0.455. The standard InChI is InChI=1S/C11H15NO3/c1-5(2)7-4-8(13)6(3)10(12)9(7)11(14)15/h7,9H,1,4,12H2,2-3H3,(H,14,15). The highest BCUT2D eigenvalue weighted by atomic mass is 16.4. The van der Waals surface area contributed by atoms with Crippen LogP contribution >= 0.6 is 0 Å². The van der Waals surface area contributed by atoms with E-state index in [1.807, 2.05) is 0 Å². The van der Waals surface area contributed by atoms with Gasteiger partial charge in [0.2, 0.25) is 0 Å². The minimum absolute atomic E-state index is 0.0852. The molecule has 3 N–H and O–H groups in total. The van der Waals surface area contributed by atoms with Crippen LogP contribution in [0.3, 0.4) is 0 Å². The van der Waals surface area contributed by atoms with E-state index in [1.54, 1.807) is 13.8 Å². The van der Waals surface area contributed by atoms with Gasteiger partial charge in [0.05, 0.1) is 0 Å². The molecule has 82 valence electrons. The molecule has 1 rings (SSSR count). The van der Waals surface area contributed by atoms with Crippen LogP contribution in [-0.4, -0.2) is 16.9 Å². The third-order valence-electron chi connectivity index (χ3n) is 2.89. The van der Waals surface area contributed by atoms with Crippen molar-refractivity contribution >= 4 is 11.8 Å². The summed E-state index contributed by atoms with van der Waals surface area (Å²) in [5, 5.41) is 9.07. The topological polar surface area (TPSA) is 80.4 Å². The van der Waals surface area contributed by atoms with Gasteiger partial charge in [0.25, 0.3) is 0 Å². The number of rotatable bonds is 2. The smallest absolute Gasteiger partial charge is 0.313 e. The zero-order valence-electron chi connectivity index (χ0n) is 8.91. The minimum atomic E-state index is -0.993. The van der Waals surface area contributed by atoms with Crippen LogP contribution in [0, 0.1) is 11.8 Å². The summed E-state index contributed by atoms with van der Waals surface area (Å²) in [7, 11) is 0. The van der Waals surface area contributed by atoms with Crippen LogP contribution in [0.15, 0.2) is 23.4 Å². The van der Waals surface area contributed by atoms with Crippen molar-refractivity contribution in [2.45, 2.75) is 20.3 Å². The van der Waals surface area contributed by atoms with Gasteiger partial charge in [-0.05, 0) is 13.8 Å². The fourth-order valence-electron chi connectivity index (χ4n) is 1.85. The van der Waals surface area contributed by atoms with Gasteiger partial charge in [0.1, 0.15) is 5.92 Å². The number of nitrogens with two attached hydrogens (primary N) is 1. The third kappa shape index (κ3) is 1.93. The van der Waals surface area contributed by atoms with E-state index < -0.39 is 11.9 Å². The summed E-state index contributed by atoms with van der Waals surface area (Å²) in [5.74, 6) is -2.26. The lowest BCUT2D eigenvalue weighted by Crippen LogP contribution is -2.36. The minimum Gasteiger partial charge on any atom is -0.481 e. The average molecular weight is 209 g/mol. The predicted molar refractivity (Wildman–Crippen MR) is 55.9 cm³/mol. The fourth-order valence-corrected chi connectivity index (χ4v) is 1.85. The zero-order chi connectivity index (χ0) is 11.7.